The molecular formula is C15H20ClNO2. The topological polar surface area (TPSA) is 32.7 Å². The molecule has 1 saturated carbocycles. The number of hydrogen-bond acceptors (Lipinski definition) is 3. The number of morpholine rings is 1. The van der Waals surface area contributed by atoms with E-state index >= 15 is 0 Å². The van der Waals surface area contributed by atoms with Gasteiger partial charge in [0.2, 0.25) is 0 Å². The zero-order valence-corrected chi connectivity index (χ0v) is 11.9. The molecule has 0 aromatic heterocycles. The number of anilines is 1. The monoisotopic (exact) mass is 281 g/mol. The SMILES string of the molecule is CC(O)c1ccc(N2CCOC3CCCC32)c(Cl)c1. The Kier molecular flexibility index (Phi) is 3.70. The second-order valence-corrected chi connectivity index (χ2v) is 5.89. The highest BCUT2D eigenvalue weighted by Gasteiger charge is 2.36. The number of halogens is 1. The first-order valence-corrected chi connectivity index (χ1v) is 7.40. The minimum atomic E-state index is -0.476. The maximum absolute atomic E-state index is 9.61. The normalized spacial score (nSPS) is 28.3. The minimum absolute atomic E-state index is 0.362. The highest BCUT2D eigenvalue weighted by molar-refractivity contribution is 6.33. The number of fused-ring (bicyclic) bond motifs is 1. The van der Waals surface area contributed by atoms with Crippen molar-refractivity contribution < 1.29 is 9.84 Å². The van der Waals surface area contributed by atoms with Crippen molar-refractivity contribution in [2.75, 3.05) is 18.1 Å². The average Bonchev–Trinajstić information content (AvgIpc) is 2.86. The van der Waals surface area contributed by atoms with Crippen molar-refractivity contribution in [1.82, 2.24) is 0 Å². The molecule has 1 saturated heterocycles. The van der Waals surface area contributed by atoms with E-state index in [2.05, 4.69) is 4.90 Å². The summed E-state index contributed by atoms with van der Waals surface area (Å²) < 4.78 is 5.83. The lowest BCUT2D eigenvalue weighted by Gasteiger charge is -2.39. The van der Waals surface area contributed by atoms with Gasteiger partial charge in [0.05, 0.1) is 35.6 Å². The molecule has 3 atom stereocenters. The average molecular weight is 282 g/mol. The first-order chi connectivity index (χ1) is 9.16. The molecule has 3 nitrogen and oxygen atoms in total. The number of aliphatic hydroxyl groups is 1. The van der Waals surface area contributed by atoms with Crippen molar-refractivity contribution in [3.8, 4) is 0 Å². The number of nitrogens with zero attached hydrogens (tertiary/aromatic N) is 1. The first-order valence-electron chi connectivity index (χ1n) is 7.02. The molecule has 104 valence electrons. The maximum Gasteiger partial charge on any atom is 0.0779 e. The summed E-state index contributed by atoms with van der Waals surface area (Å²) in [5, 5.41) is 10.3. The fourth-order valence-corrected chi connectivity index (χ4v) is 3.54. The third-order valence-corrected chi connectivity index (χ3v) is 4.55. The summed E-state index contributed by atoms with van der Waals surface area (Å²) in [6, 6.07) is 6.33. The van der Waals surface area contributed by atoms with Crippen LogP contribution in [0.5, 0.6) is 0 Å². The van der Waals surface area contributed by atoms with E-state index < -0.39 is 6.10 Å². The van der Waals surface area contributed by atoms with Crippen molar-refractivity contribution in [2.24, 2.45) is 0 Å². The van der Waals surface area contributed by atoms with Crippen LogP contribution in [0.3, 0.4) is 0 Å². The number of hydrogen-bond donors (Lipinski definition) is 1. The smallest absolute Gasteiger partial charge is 0.0779 e. The highest BCUT2D eigenvalue weighted by Crippen LogP contribution is 2.37. The van der Waals surface area contributed by atoms with Crippen LogP contribution in [-0.4, -0.2) is 30.4 Å². The number of aliphatic hydroxyl groups excluding tert-OH is 1. The lowest BCUT2D eigenvalue weighted by Crippen LogP contribution is -2.48. The molecule has 1 N–H and O–H groups in total. The molecule has 2 fully saturated rings. The van der Waals surface area contributed by atoms with E-state index in [1.54, 1.807) is 6.92 Å². The van der Waals surface area contributed by atoms with Crippen molar-refractivity contribution in [1.29, 1.82) is 0 Å². The van der Waals surface area contributed by atoms with Crippen LogP contribution in [0.4, 0.5) is 5.69 Å². The summed E-state index contributed by atoms with van der Waals surface area (Å²) in [6.45, 7) is 3.43. The molecule has 1 heterocycles. The summed E-state index contributed by atoms with van der Waals surface area (Å²) in [6.07, 6.45) is 3.45. The zero-order chi connectivity index (χ0) is 13.4. The highest BCUT2D eigenvalue weighted by atomic mass is 35.5. The molecular weight excluding hydrogens is 262 g/mol. The Morgan fingerprint density at radius 1 is 1.42 bits per heavy atom. The summed E-state index contributed by atoms with van der Waals surface area (Å²) in [7, 11) is 0. The first kappa shape index (κ1) is 13.2. The summed E-state index contributed by atoms with van der Waals surface area (Å²) >= 11 is 6.40. The number of ether oxygens (including phenoxy) is 1. The standard InChI is InChI=1S/C15H20ClNO2/c1-10(18)11-5-6-13(12(16)9-11)17-7-8-19-15-4-2-3-14(15)17/h5-6,9-10,14-15,18H,2-4,7-8H2,1H3. The van der Waals surface area contributed by atoms with Crippen LogP contribution in [0.15, 0.2) is 18.2 Å². The quantitative estimate of drug-likeness (QED) is 0.904. The second kappa shape index (κ2) is 5.31. The molecule has 1 aromatic carbocycles. The molecule has 3 unspecified atom stereocenters. The Morgan fingerprint density at radius 3 is 3.00 bits per heavy atom. The van der Waals surface area contributed by atoms with Crippen LogP contribution in [-0.2, 0) is 4.74 Å². The molecule has 4 heteroatoms. The van der Waals surface area contributed by atoms with Crippen LogP contribution in [0.25, 0.3) is 0 Å². The van der Waals surface area contributed by atoms with Crippen LogP contribution < -0.4 is 4.90 Å². The van der Waals surface area contributed by atoms with Gasteiger partial charge in [-0.3, -0.25) is 0 Å². The van der Waals surface area contributed by atoms with E-state index in [4.69, 9.17) is 16.3 Å². The lowest BCUT2D eigenvalue weighted by atomic mass is 10.1. The molecule has 2 aliphatic rings. The van der Waals surface area contributed by atoms with Gasteiger partial charge >= 0.3 is 0 Å². The molecule has 0 amide bonds. The summed E-state index contributed by atoms with van der Waals surface area (Å²) in [5.41, 5.74) is 1.94. The van der Waals surface area contributed by atoms with Crippen molar-refractivity contribution in [3.05, 3.63) is 28.8 Å². The van der Waals surface area contributed by atoms with Crippen LogP contribution in [0.2, 0.25) is 5.02 Å². The molecule has 1 aromatic rings. The van der Waals surface area contributed by atoms with Crippen molar-refractivity contribution >= 4 is 17.3 Å². The second-order valence-electron chi connectivity index (χ2n) is 5.49. The molecule has 19 heavy (non-hydrogen) atoms. The fourth-order valence-electron chi connectivity index (χ4n) is 3.24. The van der Waals surface area contributed by atoms with Crippen molar-refractivity contribution in [3.63, 3.8) is 0 Å². The predicted molar refractivity (Wildman–Crippen MR) is 76.8 cm³/mol. The van der Waals surface area contributed by atoms with Gasteiger partial charge in [0.1, 0.15) is 0 Å². The van der Waals surface area contributed by atoms with Crippen LogP contribution >= 0.6 is 11.6 Å². The van der Waals surface area contributed by atoms with Gasteiger partial charge in [-0.1, -0.05) is 17.7 Å². The summed E-state index contributed by atoms with van der Waals surface area (Å²) in [5.74, 6) is 0. The Labute approximate surface area is 119 Å². The Morgan fingerprint density at radius 2 is 2.26 bits per heavy atom. The number of benzene rings is 1. The number of rotatable bonds is 2. The van der Waals surface area contributed by atoms with E-state index in [1.807, 2.05) is 18.2 Å². The Hall–Kier alpha value is -0.770. The van der Waals surface area contributed by atoms with Gasteiger partial charge in [-0.15, -0.1) is 0 Å². The molecule has 0 radical (unpaired) electrons. The molecule has 0 bridgehead atoms. The Balaban J connectivity index is 1.88. The molecule has 3 rings (SSSR count). The third-order valence-electron chi connectivity index (χ3n) is 4.25. The van der Waals surface area contributed by atoms with Crippen LogP contribution in [0, 0.1) is 0 Å². The molecule has 0 spiro atoms. The fraction of sp³-hybridized carbons (Fsp3) is 0.600. The predicted octanol–water partition coefficient (Wildman–Crippen LogP) is 3.15. The molecule has 1 aliphatic heterocycles. The van der Waals surface area contributed by atoms with E-state index in [0.29, 0.717) is 12.1 Å². The van der Waals surface area contributed by atoms with Gasteiger partial charge in [0, 0.05) is 6.54 Å². The third kappa shape index (κ3) is 2.47. The largest absolute Gasteiger partial charge is 0.389 e. The zero-order valence-electron chi connectivity index (χ0n) is 11.2. The summed E-state index contributed by atoms with van der Waals surface area (Å²) in [4.78, 5) is 2.38. The van der Waals surface area contributed by atoms with Gasteiger partial charge in [0.25, 0.3) is 0 Å². The van der Waals surface area contributed by atoms with E-state index in [9.17, 15) is 5.11 Å². The van der Waals surface area contributed by atoms with E-state index in [0.717, 1.165) is 35.8 Å². The van der Waals surface area contributed by atoms with Crippen LogP contribution in [0.1, 0.15) is 37.9 Å². The molecule has 1 aliphatic carbocycles. The van der Waals surface area contributed by atoms with E-state index in [-0.39, 0.29) is 0 Å². The van der Waals surface area contributed by atoms with Gasteiger partial charge < -0.3 is 14.7 Å². The van der Waals surface area contributed by atoms with E-state index in [1.165, 1.54) is 12.8 Å². The maximum atomic E-state index is 9.61. The Bertz CT molecular complexity index is 463. The van der Waals surface area contributed by atoms with Gasteiger partial charge in [0.15, 0.2) is 0 Å². The lowest BCUT2D eigenvalue weighted by molar-refractivity contribution is 0.0256. The van der Waals surface area contributed by atoms with Crippen molar-refractivity contribution in [2.45, 2.75) is 44.4 Å². The van der Waals surface area contributed by atoms with Gasteiger partial charge in [-0.05, 0) is 43.9 Å². The minimum Gasteiger partial charge on any atom is -0.389 e. The van der Waals surface area contributed by atoms with Gasteiger partial charge in [-0.2, -0.15) is 0 Å². The van der Waals surface area contributed by atoms with Gasteiger partial charge in [-0.25, -0.2) is 0 Å².